The number of aryl methyl sites for hydroxylation is 3. The van der Waals surface area contributed by atoms with Crippen molar-refractivity contribution in [3.05, 3.63) is 45.6 Å². The van der Waals surface area contributed by atoms with Crippen LogP contribution in [-0.2, 0) is 11.3 Å². The summed E-state index contributed by atoms with van der Waals surface area (Å²) in [5, 5.41) is 14.6. The number of thioether (sulfide) groups is 1. The molecule has 142 valence electrons. The minimum Gasteiger partial charge on any atom is -0.325 e. The van der Waals surface area contributed by atoms with E-state index in [4.69, 9.17) is 0 Å². The first-order valence-corrected chi connectivity index (χ1v) is 10.8. The van der Waals surface area contributed by atoms with Gasteiger partial charge in [-0.3, -0.25) is 4.79 Å². The molecule has 1 aromatic carbocycles. The standard InChI is InChI=1S/C20H24N4OS2/c1-5-9-24-19(16-10-15(4)26-11-16)22-23-20(24)27-12-17(25)21-18-13(2)7-6-8-14(18)3/h6-8,10-11H,5,9,12H2,1-4H3,(H,21,25). The molecule has 0 radical (unpaired) electrons. The average molecular weight is 401 g/mol. The van der Waals surface area contributed by atoms with Crippen LogP contribution in [0, 0.1) is 20.8 Å². The van der Waals surface area contributed by atoms with Crippen LogP contribution in [0.3, 0.4) is 0 Å². The van der Waals surface area contributed by atoms with Crippen LogP contribution in [0.4, 0.5) is 5.69 Å². The number of para-hydroxylation sites is 1. The third kappa shape index (κ3) is 4.59. The van der Waals surface area contributed by atoms with Crippen LogP contribution in [-0.4, -0.2) is 26.4 Å². The first-order chi connectivity index (χ1) is 13.0. The highest BCUT2D eigenvalue weighted by molar-refractivity contribution is 7.99. The molecule has 5 nitrogen and oxygen atoms in total. The smallest absolute Gasteiger partial charge is 0.234 e. The van der Waals surface area contributed by atoms with Crippen molar-refractivity contribution in [2.24, 2.45) is 0 Å². The van der Waals surface area contributed by atoms with E-state index in [1.165, 1.54) is 16.6 Å². The molecule has 2 aromatic heterocycles. The van der Waals surface area contributed by atoms with Crippen LogP contribution < -0.4 is 5.32 Å². The second-order valence-corrected chi connectivity index (χ2v) is 8.57. The van der Waals surface area contributed by atoms with E-state index >= 15 is 0 Å². The van der Waals surface area contributed by atoms with Gasteiger partial charge in [-0.25, -0.2) is 0 Å². The predicted octanol–water partition coefficient (Wildman–Crippen LogP) is 5.07. The van der Waals surface area contributed by atoms with Crippen LogP contribution in [0.15, 0.2) is 34.8 Å². The molecule has 3 aromatic rings. The van der Waals surface area contributed by atoms with Crippen molar-refractivity contribution in [1.29, 1.82) is 0 Å². The summed E-state index contributed by atoms with van der Waals surface area (Å²) >= 11 is 3.13. The number of nitrogens with one attached hydrogen (secondary N) is 1. The van der Waals surface area contributed by atoms with Gasteiger partial charge in [-0.1, -0.05) is 36.9 Å². The topological polar surface area (TPSA) is 59.8 Å². The summed E-state index contributed by atoms with van der Waals surface area (Å²) < 4.78 is 2.11. The Labute approximate surface area is 168 Å². The summed E-state index contributed by atoms with van der Waals surface area (Å²) in [6, 6.07) is 8.13. The lowest BCUT2D eigenvalue weighted by Gasteiger charge is -2.11. The Morgan fingerprint density at radius 2 is 1.96 bits per heavy atom. The maximum Gasteiger partial charge on any atom is 0.234 e. The number of hydrogen-bond donors (Lipinski definition) is 1. The largest absolute Gasteiger partial charge is 0.325 e. The molecule has 0 aliphatic heterocycles. The molecule has 0 saturated carbocycles. The van der Waals surface area contributed by atoms with Crippen LogP contribution in [0.25, 0.3) is 11.4 Å². The van der Waals surface area contributed by atoms with Crippen molar-refractivity contribution in [3.8, 4) is 11.4 Å². The molecular weight excluding hydrogens is 376 g/mol. The van der Waals surface area contributed by atoms with Gasteiger partial charge in [0.2, 0.25) is 5.91 Å². The molecule has 0 unspecified atom stereocenters. The molecule has 2 heterocycles. The number of nitrogens with zero attached hydrogens (tertiary/aromatic N) is 3. The zero-order valence-corrected chi connectivity index (χ0v) is 17.7. The summed E-state index contributed by atoms with van der Waals surface area (Å²) in [6.45, 7) is 9.05. The van der Waals surface area contributed by atoms with Crippen LogP contribution in [0.5, 0.6) is 0 Å². The van der Waals surface area contributed by atoms with Gasteiger partial charge in [0.1, 0.15) is 0 Å². The van der Waals surface area contributed by atoms with E-state index in [-0.39, 0.29) is 5.91 Å². The van der Waals surface area contributed by atoms with E-state index in [1.54, 1.807) is 11.3 Å². The minimum absolute atomic E-state index is 0.0311. The lowest BCUT2D eigenvalue weighted by Crippen LogP contribution is -2.16. The molecule has 0 atom stereocenters. The fourth-order valence-corrected chi connectivity index (χ4v) is 4.36. The molecule has 1 N–H and O–H groups in total. The number of aromatic nitrogens is 3. The number of carbonyl (C=O) groups is 1. The first-order valence-electron chi connectivity index (χ1n) is 8.97. The van der Waals surface area contributed by atoms with Crippen molar-refractivity contribution in [1.82, 2.24) is 14.8 Å². The SMILES string of the molecule is CCCn1c(SCC(=O)Nc2c(C)cccc2C)nnc1-c1csc(C)c1. The van der Waals surface area contributed by atoms with Crippen molar-refractivity contribution >= 4 is 34.7 Å². The number of rotatable bonds is 7. The molecule has 0 aliphatic rings. The number of carbonyl (C=O) groups excluding carboxylic acids is 1. The Morgan fingerprint density at radius 3 is 2.59 bits per heavy atom. The maximum atomic E-state index is 12.5. The van der Waals surface area contributed by atoms with Gasteiger partial charge >= 0.3 is 0 Å². The van der Waals surface area contributed by atoms with Crippen molar-refractivity contribution < 1.29 is 4.79 Å². The highest BCUT2D eigenvalue weighted by Gasteiger charge is 2.16. The number of anilines is 1. The molecule has 0 bridgehead atoms. The summed E-state index contributed by atoms with van der Waals surface area (Å²) in [6.07, 6.45) is 0.982. The summed E-state index contributed by atoms with van der Waals surface area (Å²) in [5.74, 6) is 1.15. The van der Waals surface area contributed by atoms with E-state index in [0.717, 1.165) is 46.3 Å². The van der Waals surface area contributed by atoms with Crippen LogP contribution in [0.2, 0.25) is 0 Å². The second-order valence-electron chi connectivity index (χ2n) is 6.51. The van der Waals surface area contributed by atoms with Gasteiger partial charge in [0.15, 0.2) is 11.0 Å². The molecule has 0 aliphatic carbocycles. The molecule has 0 spiro atoms. The highest BCUT2D eigenvalue weighted by Crippen LogP contribution is 2.28. The second kappa shape index (κ2) is 8.71. The van der Waals surface area contributed by atoms with Crippen molar-refractivity contribution in [2.75, 3.05) is 11.1 Å². The zero-order valence-electron chi connectivity index (χ0n) is 16.1. The van der Waals surface area contributed by atoms with Gasteiger partial charge in [-0.15, -0.1) is 21.5 Å². The molecule has 0 fully saturated rings. The van der Waals surface area contributed by atoms with E-state index in [1.807, 2.05) is 32.0 Å². The van der Waals surface area contributed by atoms with Gasteiger partial charge in [0.25, 0.3) is 0 Å². The highest BCUT2D eigenvalue weighted by atomic mass is 32.2. The van der Waals surface area contributed by atoms with Crippen LogP contribution in [0.1, 0.15) is 29.3 Å². The van der Waals surface area contributed by atoms with Gasteiger partial charge in [0.05, 0.1) is 5.75 Å². The summed E-state index contributed by atoms with van der Waals surface area (Å²) in [5.41, 5.74) is 4.12. The van der Waals surface area contributed by atoms with E-state index in [0.29, 0.717) is 5.75 Å². The molecule has 1 amide bonds. The van der Waals surface area contributed by atoms with Gasteiger partial charge in [0, 0.05) is 28.1 Å². The fourth-order valence-electron chi connectivity index (χ4n) is 2.91. The third-order valence-corrected chi connectivity index (χ3v) is 6.06. The van der Waals surface area contributed by atoms with E-state index in [2.05, 4.69) is 45.4 Å². The Morgan fingerprint density at radius 1 is 1.22 bits per heavy atom. The quantitative estimate of drug-likeness (QED) is 0.562. The number of amides is 1. The maximum absolute atomic E-state index is 12.5. The molecular formula is C20H24N4OS2. The van der Waals surface area contributed by atoms with Crippen molar-refractivity contribution in [2.45, 2.75) is 45.8 Å². The van der Waals surface area contributed by atoms with Crippen molar-refractivity contribution in [3.63, 3.8) is 0 Å². The van der Waals surface area contributed by atoms with Gasteiger partial charge in [-0.2, -0.15) is 0 Å². The number of thiophene rings is 1. The molecule has 3 rings (SSSR count). The Balaban J connectivity index is 1.72. The zero-order chi connectivity index (χ0) is 19.4. The molecule has 7 heteroatoms. The third-order valence-electron chi connectivity index (χ3n) is 4.23. The Kier molecular flexibility index (Phi) is 6.34. The van der Waals surface area contributed by atoms with E-state index in [9.17, 15) is 4.79 Å². The normalized spacial score (nSPS) is 11.0. The first kappa shape index (κ1) is 19.6. The minimum atomic E-state index is -0.0311. The number of benzene rings is 1. The monoisotopic (exact) mass is 400 g/mol. The Hall–Kier alpha value is -2.12. The number of hydrogen-bond acceptors (Lipinski definition) is 5. The van der Waals surface area contributed by atoms with Gasteiger partial charge in [-0.05, 0) is 44.4 Å². The Bertz CT molecular complexity index is 925. The van der Waals surface area contributed by atoms with E-state index < -0.39 is 0 Å². The lowest BCUT2D eigenvalue weighted by atomic mass is 10.1. The molecule has 0 saturated heterocycles. The van der Waals surface area contributed by atoms with Crippen LogP contribution >= 0.6 is 23.1 Å². The van der Waals surface area contributed by atoms with Gasteiger partial charge < -0.3 is 9.88 Å². The summed E-state index contributed by atoms with van der Waals surface area (Å²) in [4.78, 5) is 13.7. The average Bonchev–Trinajstić information content (AvgIpc) is 3.23. The predicted molar refractivity (Wildman–Crippen MR) is 114 cm³/mol. The lowest BCUT2D eigenvalue weighted by molar-refractivity contribution is -0.113. The fraction of sp³-hybridized carbons (Fsp3) is 0.350. The molecule has 27 heavy (non-hydrogen) atoms. The summed E-state index contributed by atoms with van der Waals surface area (Å²) in [7, 11) is 0.